The monoisotopic (exact) mass is 390 g/mol. The normalized spacial score (nSPS) is 11.4. The Hall–Kier alpha value is -3.74. The number of aromatic nitrogens is 2. The number of rotatable bonds is 6. The molecule has 1 aromatic heterocycles. The minimum Gasteiger partial charge on any atom is -0.497 e. The Balaban J connectivity index is 1.90. The Morgan fingerprint density at radius 2 is 1.72 bits per heavy atom. The first-order chi connectivity index (χ1) is 14.0. The summed E-state index contributed by atoms with van der Waals surface area (Å²) in [5, 5.41) is 2.87. The zero-order valence-corrected chi connectivity index (χ0v) is 16.5. The van der Waals surface area contributed by atoms with Gasteiger partial charge in [-0.2, -0.15) is 0 Å². The van der Waals surface area contributed by atoms with Gasteiger partial charge in [0.15, 0.2) is 0 Å². The number of hydrogen-bond donors (Lipinski definition) is 1. The minimum atomic E-state index is -0.841. The predicted octanol–water partition coefficient (Wildman–Crippen LogP) is 3.25. The Kier molecular flexibility index (Phi) is 6.19. The molecule has 29 heavy (non-hydrogen) atoms. The average Bonchev–Trinajstić information content (AvgIpc) is 2.76. The molecule has 0 saturated heterocycles. The molecule has 2 amide bonds. The Morgan fingerprint density at radius 1 is 1.03 bits per heavy atom. The number of aryl methyl sites for hydroxylation is 1. The maximum absolute atomic E-state index is 13.2. The first kappa shape index (κ1) is 20.0. The summed E-state index contributed by atoms with van der Waals surface area (Å²) in [6.07, 6.45) is 4.32. The van der Waals surface area contributed by atoms with Crippen LogP contribution in [0.3, 0.4) is 0 Å². The number of hydrogen-bond acceptors (Lipinski definition) is 5. The molecule has 0 unspecified atom stereocenters. The number of methoxy groups -OCH3 is 1. The molecule has 0 aliphatic rings. The molecule has 3 aromatic rings. The molecule has 7 heteroatoms. The van der Waals surface area contributed by atoms with Gasteiger partial charge in [0, 0.05) is 25.1 Å². The maximum Gasteiger partial charge on any atom is 0.274 e. The number of nitrogens with one attached hydrogen (secondary N) is 1. The molecule has 0 bridgehead atoms. The van der Waals surface area contributed by atoms with E-state index in [9.17, 15) is 9.59 Å². The fourth-order valence-corrected chi connectivity index (χ4v) is 2.89. The van der Waals surface area contributed by atoms with Crippen LogP contribution in [-0.4, -0.2) is 40.8 Å². The summed E-state index contributed by atoms with van der Waals surface area (Å²) in [4.78, 5) is 35.4. The first-order valence-corrected chi connectivity index (χ1v) is 9.04. The molecular formula is C22H22N4O3. The Labute approximate surface area is 169 Å². The lowest BCUT2D eigenvalue weighted by atomic mass is 10.0. The van der Waals surface area contributed by atoms with Crippen LogP contribution in [0, 0.1) is 6.92 Å². The lowest BCUT2D eigenvalue weighted by molar-refractivity contribution is -0.120. The van der Waals surface area contributed by atoms with Crippen LogP contribution in [0.25, 0.3) is 0 Å². The zero-order chi connectivity index (χ0) is 20.8. The standard InChI is InChI=1S/C22H22N4O3/c1-15-4-6-16(7-5-15)20(26(2)22(28)19-14-23-12-13-24-19)21(27)25-17-8-10-18(29-3)11-9-17/h4-14,20H,1-3H3,(H,25,27)/t20-/m0/s1. The van der Waals surface area contributed by atoms with Gasteiger partial charge in [0.2, 0.25) is 0 Å². The second-order valence-corrected chi connectivity index (χ2v) is 6.54. The second-order valence-electron chi connectivity index (χ2n) is 6.54. The average molecular weight is 390 g/mol. The second kappa shape index (κ2) is 8.97. The summed E-state index contributed by atoms with van der Waals surface area (Å²) in [6.45, 7) is 1.96. The highest BCUT2D eigenvalue weighted by atomic mass is 16.5. The van der Waals surface area contributed by atoms with Crippen molar-refractivity contribution in [2.75, 3.05) is 19.5 Å². The van der Waals surface area contributed by atoms with Crippen LogP contribution in [-0.2, 0) is 4.79 Å². The number of likely N-dealkylation sites (N-methyl/N-ethyl adjacent to an activating group) is 1. The molecule has 0 spiro atoms. The fourth-order valence-electron chi connectivity index (χ4n) is 2.89. The lowest BCUT2D eigenvalue weighted by Crippen LogP contribution is -2.39. The van der Waals surface area contributed by atoms with E-state index in [0.717, 1.165) is 5.56 Å². The van der Waals surface area contributed by atoms with E-state index >= 15 is 0 Å². The summed E-state index contributed by atoms with van der Waals surface area (Å²) in [6, 6.07) is 13.7. The molecule has 1 N–H and O–H groups in total. The van der Waals surface area contributed by atoms with Crippen LogP contribution < -0.4 is 10.1 Å². The molecule has 0 fully saturated rings. The van der Waals surface area contributed by atoms with E-state index in [1.54, 1.807) is 38.4 Å². The largest absolute Gasteiger partial charge is 0.497 e. The third-order valence-electron chi connectivity index (χ3n) is 4.49. The highest BCUT2D eigenvalue weighted by Crippen LogP contribution is 2.24. The van der Waals surface area contributed by atoms with Gasteiger partial charge in [-0.05, 0) is 36.8 Å². The molecule has 0 aliphatic carbocycles. The molecule has 1 heterocycles. The minimum absolute atomic E-state index is 0.171. The van der Waals surface area contributed by atoms with Crippen LogP contribution in [0.2, 0.25) is 0 Å². The molecule has 7 nitrogen and oxygen atoms in total. The van der Waals surface area contributed by atoms with E-state index < -0.39 is 11.9 Å². The van der Waals surface area contributed by atoms with Gasteiger partial charge >= 0.3 is 0 Å². The smallest absolute Gasteiger partial charge is 0.274 e. The lowest BCUT2D eigenvalue weighted by Gasteiger charge is -2.27. The van der Waals surface area contributed by atoms with E-state index in [1.807, 2.05) is 31.2 Å². The van der Waals surface area contributed by atoms with Crippen molar-refractivity contribution in [3.63, 3.8) is 0 Å². The zero-order valence-electron chi connectivity index (χ0n) is 16.5. The van der Waals surface area contributed by atoms with Gasteiger partial charge in [0.1, 0.15) is 17.5 Å². The molecule has 148 valence electrons. The van der Waals surface area contributed by atoms with Crippen molar-refractivity contribution in [1.82, 2.24) is 14.9 Å². The van der Waals surface area contributed by atoms with Crippen molar-refractivity contribution in [2.45, 2.75) is 13.0 Å². The van der Waals surface area contributed by atoms with Gasteiger partial charge in [-0.15, -0.1) is 0 Å². The molecule has 0 aliphatic heterocycles. The Bertz CT molecular complexity index is 973. The van der Waals surface area contributed by atoms with Crippen molar-refractivity contribution in [2.24, 2.45) is 0 Å². The number of benzene rings is 2. The number of carbonyl (C=O) groups excluding carboxylic acids is 2. The Morgan fingerprint density at radius 3 is 2.31 bits per heavy atom. The molecule has 2 aromatic carbocycles. The van der Waals surface area contributed by atoms with E-state index in [1.165, 1.54) is 23.5 Å². The number of anilines is 1. The van der Waals surface area contributed by atoms with Crippen molar-refractivity contribution >= 4 is 17.5 Å². The van der Waals surface area contributed by atoms with Crippen molar-refractivity contribution in [3.8, 4) is 5.75 Å². The topological polar surface area (TPSA) is 84.4 Å². The van der Waals surface area contributed by atoms with Gasteiger partial charge in [-0.3, -0.25) is 14.6 Å². The third kappa shape index (κ3) is 4.76. The van der Waals surface area contributed by atoms with Gasteiger partial charge in [-0.1, -0.05) is 29.8 Å². The van der Waals surface area contributed by atoms with E-state index in [4.69, 9.17) is 4.74 Å². The summed E-state index contributed by atoms with van der Waals surface area (Å²) < 4.78 is 5.14. The van der Waals surface area contributed by atoms with Crippen molar-refractivity contribution in [3.05, 3.63) is 83.9 Å². The number of nitrogens with zero attached hydrogens (tertiary/aromatic N) is 3. The van der Waals surface area contributed by atoms with Crippen LogP contribution in [0.4, 0.5) is 5.69 Å². The summed E-state index contributed by atoms with van der Waals surface area (Å²) in [7, 11) is 3.16. The molecule has 3 rings (SSSR count). The quantitative estimate of drug-likeness (QED) is 0.698. The van der Waals surface area contributed by atoms with Gasteiger partial charge in [0.25, 0.3) is 11.8 Å². The van der Waals surface area contributed by atoms with Crippen LogP contribution >= 0.6 is 0 Å². The van der Waals surface area contributed by atoms with Crippen LogP contribution in [0.1, 0.15) is 27.7 Å². The fraction of sp³-hybridized carbons (Fsp3) is 0.182. The summed E-state index contributed by atoms with van der Waals surface area (Å²) in [5.74, 6) is -0.0413. The predicted molar refractivity (Wildman–Crippen MR) is 110 cm³/mol. The van der Waals surface area contributed by atoms with Gasteiger partial charge in [-0.25, -0.2) is 4.98 Å². The summed E-state index contributed by atoms with van der Waals surface area (Å²) in [5.41, 5.74) is 2.53. The molecular weight excluding hydrogens is 368 g/mol. The molecule has 0 radical (unpaired) electrons. The maximum atomic E-state index is 13.2. The third-order valence-corrected chi connectivity index (χ3v) is 4.49. The van der Waals surface area contributed by atoms with Crippen molar-refractivity contribution < 1.29 is 14.3 Å². The SMILES string of the molecule is COc1ccc(NC(=O)[C@H](c2ccc(C)cc2)N(C)C(=O)c2cnccn2)cc1. The van der Waals surface area contributed by atoms with Crippen molar-refractivity contribution in [1.29, 1.82) is 0 Å². The van der Waals surface area contributed by atoms with E-state index in [2.05, 4.69) is 15.3 Å². The first-order valence-electron chi connectivity index (χ1n) is 9.04. The number of ether oxygens (including phenoxy) is 1. The highest BCUT2D eigenvalue weighted by molar-refractivity contribution is 6.00. The molecule has 0 saturated carbocycles. The number of amides is 2. The number of carbonyl (C=O) groups is 2. The van der Waals surface area contributed by atoms with Crippen LogP contribution in [0.5, 0.6) is 5.75 Å². The van der Waals surface area contributed by atoms with Crippen LogP contribution in [0.15, 0.2) is 67.1 Å². The van der Waals surface area contributed by atoms with Gasteiger partial charge in [0.05, 0.1) is 13.3 Å². The van der Waals surface area contributed by atoms with E-state index in [0.29, 0.717) is 17.0 Å². The van der Waals surface area contributed by atoms with Gasteiger partial charge < -0.3 is 15.0 Å². The summed E-state index contributed by atoms with van der Waals surface area (Å²) >= 11 is 0. The molecule has 1 atom stereocenters. The van der Waals surface area contributed by atoms with E-state index in [-0.39, 0.29) is 11.6 Å². The highest BCUT2D eigenvalue weighted by Gasteiger charge is 2.30.